The maximum atomic E-state index is 7.20. The van der Waals surface area contributed by atoms with Gasteiger partial charge in [0.15, 0.2) is 0 Å². The Morgan fingerprint density at radius 1 is 1.36 bits per heavy atom. The van der Waals surface area contributed by atoms with Crippen LogP contribution in [0, 0.1) is 16.9 Å². The van der Waals surface area contributed by atoms with Gasteiger partial charge in [0.1, 0.15) is 14.7 Å². The van der Waals surface area contributed by atoms with Gasteiger partial charge in [-0.3, -0.25) is 5.41 Å². The Bertz CT molecular complexity index is 269. The first-order valence-electron chi connectivity index (χ1n) is 3.91. The normalized spacial score (nSPS) is 11.6. The smallest absolute Gasteiger partial charge is 0.265 e. The minimum Gasteiger partial charge on any atom is -0.465 e. The summed E-state index contributed by atoms with van der Waals surface area (Å²) >= 11 is 16.2. The van der Waals surface area contributed by atoms with Gasteiger partial charge in [0.2, 0.25) is 5.90 Å². The van der Waals surface area contributed by atoms with Crippen molar-refractivity contribution in [1.82, 2.24) is 0 Å². The quantitative estimate of drug-likeness (QED) is 0.257. The van der Waals surface area contributed by atoms with Crippen LogP contribution < -0.4 is 0 Å². The van der Waals surface area contributed by atoms with Gasteiger partial charge in [0, 0.05) is 0 Å². The summed E-state index contributed by atoms with van der Waals surface area (Å²) < 4.78 is 3.05. The maximum Gasteiger partial charge on any atom is 0.265 e. The molecule has 0 atom stereocenters. The highest BCUT2D eigenvalue weighted by Crippen LogP contribution is 2.27. The van der Waals surface area contributed by atoms with E-state index in [4.69, 9.17) is 44.9 Å². The molecule has 0 fully saturated rings. The second-order valence-electron chi connectivity index (χ2n) is 3.67. The Morgan fingerprint density at radius 2 is 1.86 bits per heavy atom. The van der Waals surface area contributed by atoms with Crippen molar-refractivity contribution in [3.8, 4) is 11.5 Å². The Morgan fingerprint density at radius 3 is 2.21 bits per heavy atom. The molecular weight excluding hydrogens is 261 g/mol. The Kier molecular flexibility index (Phi) is 5.31. The molecule has 0 spiro atoms. The van der Waals surface area contributed by atoms with Crippen molar-refractivity contribution in [2.45, 2.75) is 23.4 Å². The van der Waals surface area contributed by atoms with Crippen LogP contribution >= 0.6 is 34.8 Å². The lowest BCUT2D eigenvalue weighted by atomic mass is 10.7. The topological polar surface area (TPSA) is 33.1 Å². The molecule has 0 aliphatic rings. The van der Waals surface area contributed by atoms with E-state index in [1.54, 1.807) is 0 Å². The molecule has 0 saturated heterocycles. The molecule has 0 bridgehead atoms. The van der Waals surface area contributed by atoms with Crippen molar-refractivity contribution in [3.05, 3.63) is 0 Å². The molecule has 0 unspecified atom stereocenters. The van der Waals surface area contributed by atoms with Gasteiger partial charge in [-0.15, -0.1) is 5.54 Å². The van der Waals surface area contributed by atoms with E-state index in [1.807, 2.05) is 0 Å². The van der Waals surface area contributed by atoms with Crippen molar-refractivity contribution in [3.63, 3.8) is 0 Å². The zero-order valence-electron chi connectivity index (χ0n) is 8.25. The maximum absolute atomic E-state index is 7.20. The molecule has 0 heterocycles. The van der Waals surface area contributed by atoms with E-state index < -0.39 is 17.8 Å². The number of rotatable bonds is 1. The second kappa shape index (κ2) is 5.27. The largest absolute Gasteiger partial charge is 0.465 e. The van der Waals surface area contributed by atoms with Crippen LogP contribution in [0.5, 0.6) is 0 Å². The highest BCUT2D eigenvalue weighted by atomic mass is 35.6. The molecule has 80 valence electrons. The zero-order chi connectivity index (χ0) is 11.4. The third-order valence-electron chi connectivity index (χ3n) is 1.01. The van der Waals surface area contributed by atoms with Gasteiger partial charge in [0.25, 0.3) is 3.79 Å². The molecule has 14 heavy (non-hydrogen) atoms. The first-order chi connectivity index (χ1) is 6.13. The van der Waals surface area contributed by atoms with Crippen LogP contribution in [0.4, 0.5) is 0 Å². The van der Waals surface area contributed by atoms with E-state index in [-0.39, 0.29) is 6.61 Å². The second-order valence-corrected chi connectivity index (χ2v) is 10.7. The molecule has 0 aliphatic carbocycles. The molecule has 2 nitrogen and oxygen atoms in total. The molecule has 0 radical (unpaired) electrons. The van der Waals surface area contributed by atoms with Crippen molar-refractivity contribution in [2.75, 3.05) is 6.61 Å². The van der Waals surface area contributed by atoms with Crippen molar-refractivity contribution in [1.29, 1.82) is 5.41 Å². The molecule has 0 aromatic heterocycles. The number of nitrogens with one attached hydrogen (secondary N) is 1. The van der Waals surface area contributed by atoms with Crippen LogP contribution in [-0.2, 0) is 4.74 Å². The highest BCUT2D eigenvalue weighted by Gasteiger charge is 2.28. The van der Waals surface area contributed by atoms with Crippen LogP contribution in [0.25, 0.3) is 0 Å². The fourth-order valence-electron chi connectivity index (χ4n) is 0.491. The Hall–Kier alpha value is 0.117. The standard InChI is InChI=1S/C8H12Cl3NOSi/c1-14(2,3)6-4-5-13-7(12)8(9,10)11/h12H,5H2,1-3H3. The summed E-state index contributed by atoms with van der Waals surface area (Å²) in [5.41, 5.74) is 3.07. The van der Waals surface area contributed by atoms with Crippen LogP contribution in [0.3, 0.4) is 0 Å². The summed E-state index contributed by atoms with van der Waals surface area (Å²) in [4.78, 5) is 0. The van der Waals surface area contributed by atoms with E-state index in [2.05, 4.69) is 31.1 Å². The molecule has 0 saturated carbocycles. The summed E-state index contributed by atoms with van der Waals surface area (Å²) in [6, 6.07) is 0. The van der Waals surface area contributed by atoms with Gasteiger partial charge in [0.05, 0.1) is 0 Å². The number of halogens is 3. The average molecular weight is 273 g/mol. The van der Waals surface area contributed by atoms with E-state index in [0.717, 1.165) is 0 Å². The molecule has 0 amide bonds. The molecule has 0 aromatic rings. The predicted octanol–water partition coefficient (Wildman–Crippen LogP) is 3.23. The fraction of sp³-hybridized carbons (Fsp3) is 0.625. The summed E-state index contributed by atoms with van der Waals surface area (Å²) in [6.45, 7) is 6.43. The summed E-state index contributed by atoms with van der Waals surface area (Å²) in [6.07, 6.45) is 0. The summed E-state index contributed by atoms with van der Waals surface area (Å²) in [5, 5.41) is 7.20. The lowest BCUT2D eigenvalue weighted by molar-refractivity contribution is 0.347. The lowest BCUT2D eigenvalue weighted by Crippen LogP contribution is -2.21. The van der Waals surface area contributed by atoms with E-state index in [1.165, 1.54) is 0 Å². The van der Waals surface area contributed by atoms with Crippen LogP contribution in [-0.4, -0.2) is 24.4 Å². The number of hydrogen-bond acceptors (Lipinski definition) is 2. The molecule has 0 aliphatic heterocycles. The number of hydrogen-bond donors (Lipinski definition) is 1. The Balaban J connectivity index is 3.97. The van der Waals surface area contributed by atoms with Gasteiger partial charge in [-0.1, -0.05) is 60.4 Å². The Labute approximate surface area is 100 Å². The molecule has 6 heteroatoms. The SMILES string of the molecule is C[Si](C)(C)C#CCOC(=N)C(Cl)(Cl)Cl. The van der Waals surface area contributed by atoms with Crippen molar-refractivity contribution >= 4 is 48.8 Å². The van der Waals surface area contributed by atoms with E-state index >= 15 is 0 Å². The highest BCUT2D eigenvalue weighted by molar-refractivity contribution is 6.83. The van der Waals surface area contributed by atoms with Crippen LogP contribution in [0.2, 0.25) is 19.6 Å². The fourth-order valence-corrected chi connectivity index (χ4v) is 1.26. The van der Waals surface area contributed by atoms with E-state index in [0.29, 0.717) is 0 Å². The van der Waals surface area contributed by atoms with Gasteiger partial charge in [-0.2, -0.15) is 0 Å². The van der Waals surface area contributed by atoms with Gasteiger partial charge < -0.3 is 4.74 Å². The molecule has 0 rings (SSSR count). The molecular formula is C8H12Cl3NOSi. The first-order valence-corrected chi connectivity index (χ1v) is 8.55. The summed E-state index contributed by atoms with van der Waals surface area (Å²) in [7, 11) is -1.39. The average Bonchev–Trinajstić information content (AvgIpc) is 1.93. The minimum atomic E-state index is -1.79. The number of ether oxygens (including phenoxy) is 1. The van der Waals surface area contributed by atoms with Crippen molar-refractivity contribution in [2.24, 2.45) is 0 Å². The van der Waals surface area contributed by atoms with Gasteiger partial charge >= 0.3 is 0 Å². The third kappa shape index (κ3) is 7.51. The van der Waals surface area contributed by atoms with Gasteiger partial charge in [-0.25, -0.2) is 0 Å². The summed E-state index contributed by atoms with van der Waals surface area (Å²) in [5.74, 6) is 2.41. The monoisotopic (exact) mass is 271 g/mol. The zero-order valence-corrected chi connectivity index (χ0v) is 11.5. The van der Waals surface area contributed by atoms with E-state index in [9.17, 15) is 0 Å². The molecule has 0 aromatic carbocycles. The third-order valence-corrected chi connectivity index (χ3v) is 2.45. The predicted molar refractivity (Wildman–Crippen MR) is 65.1 cm³/mol. The van der Waals surface area contributed by atoms with Crippen LogP contribution in [0.1, 0.15) is 0 Å². The molecule has 1 N–H and O–H groups in total. The van der Waals surface area contributed by atoms with Gasteiger partial charge in [-0.05, 0) is 0 Å². The number of alkyl halides is 3. The lowest BCUT2D eigenvalue weighted by Gasteiger charge is -2.11. The first kappa shape index (κ1) is 14.1. The van der Waals surface area contributed by atoms with Crippen molar-refractivity contribution < 1.29 is 4.74 Å². The minimum absolute atomic E-state index is 0.0943. The van der Waals surface area contributed by atoms with Crippen LogP contribution in [0.15, 0.2) is 0 Å².